The summed E-state index contributed by atoms with van der Waals surface area (Å²) in [5.41, 5.74) is 8.43. The van der Waals surface area contributed by atoms with Crippen LogP contribution in [0.4, 0.5) is 0 Å². The van der Waals surface area contributed by atoms with E-state index in [0.29, 0.717) is 24.6 Å². The van der Waals surface area contributed by atoms with Crippen molar-refractivity contribution in [1.82, 2.24) is 9.55 Å². The topological polar surface area (TPSA) is 131 Å². The zero-order chi connectivity index (χ0) is 22.7. The van der Waals surface area contributed by atoms with Crippen LogP contribution in [-0.2, 0) is 13.2 Å². The van der Waals surface area contributed by atoms with E-state index in [4.69, 9.17) is 18.7 Å². The fraction of sp³-hybridized carbons (Fsp3) is 0.765. The first kappa shape index (κ1) is 25.0. The van der Waals surface area contributed by atoms with Crippen molar-refractivity contribution >= 4 is 25.0 Å². The summed E-state index contributed by atoms with van der Waals surface area (Å²) < 4.78 is 20.0. The average Bonchev–Trinajstić information content (AvgIpc) is 2.96. The molecule has 1 N–H and O–H groups in total. The van der Waals surface area contributed by atoms with Crippen LogP contribution in [0.5, 0.6) is 0 Å². The molecular formula is C17H32N5O5PSi2. The highest BCUT2D eigenvalue weighted by molar-refractivity contribution is 7.50. The van der Waals surface area contributed by atoms with E-state index in [-0.39, 0.29) is 6.10 Å². The summed E-state index contributed by atoms with van der Waals surface area (Å²) in [6.45, 7) is 14.4. The summed E-state index contributed by atoms with van der Waals surface area (Å²) in [4.78, 5) is 29.1. The van der Waals surface area contributed by atoms with Crippen LogP contribution >= 0.6 is 8.38 Å². The van der Waals surface area contributed by atoms with Gasteiger partial charge in [0, 0.05) is 29.3 Å². The first-order valence-electron chi connectivity index (χ1n) is 9.96. The molecule has 1 aliphatic rings. The first-order valence-corrected chi connectivity index (χ1v) is 18.1. The van der Waals surface area contributed by atoms with Crippen LogP contribution in [0, 0.1) is 6.92 Å². The molecule has 168 valence electrons. The van der Waals surface area contributed by atoms with Crippen LogP contribution in [0.25, 0.3) is 10.4 Å². The molecule has 1 saturated heterocycles. The molecule has 0 amide bonds. The van der Waals surface area contributed by atoms with E-state index in [1.54, 1.807) is 6.92 Å². The van der Waals surface area contributed by atoms with E-state index in [9.17, 15) is 9.59 Å². The van der Waals surface area contributed by atoms with Gasteiger partial charge in [-0.1, -0.05) is 5.11 Å². The van der Waals surface area contributed by atoms with E-state index in [2.05, 4.69) is 54.3 Å². The summed E-state index contributed by atoms with van der Waals surface area (Å²) in [5, 5.41) is 3.89. The van der Waals surface area contributed by atoms with E-state index in [0.717, 1.165) is 0 Å². The predicted octanol–water partition coefficient (Wildman–Crippen LogP) is 4.22. The number of rotatable bonds is 9. The van der Waals surface area contributed by atoms with Crippen molar-refractivity contribution in [3.63, 3.8) is 0 Å². The molecule has 30 heavy (non-hydrogen) atoms. The van der Waals surface area contributed by atoms with E-state index < -0.39 is 48.5 Å². The molecule has 0 unspecified atom stereocenters. The lowest BCUT2D eigenvalue weighted by Crippen LogP contribution is -2.33. The predicted molar refractivity (Wildman–Crippen MR) is 123 cm³/mol. The molecule has 2 rings (SSSR count). The third kappa shape index (κ3) is 7.45. The molecule has 0 spiro atoms. The van der Waals surface area contributed by atoms with Gasteiger partial charge in [-0.3, -0.25) is 14.3 Å². The lowest BCUT2D eigenvalue weighted by molar-refractivity contribution is -0.00402. The van der Waals surface area contributed by atoms with Crippen LogP contribution in [0.1, 0.15) is 24.6 Å². The Bertz CT molecular complexity index is 888. The number of hydrogen-bond acceptors (Lipinski definition) is 6. The summed E-state index contributed by atoms with van der Waals surface area (Å²) in [7, 11) is -4.65. The summed E-state index contributed by atoms with van der Waals surface area (Å²) in [5.74, 6) is 0. The molecule has 0 aromatic carbocycles. The minimum absolute atomic E-state index is 0.356. The van der Waals surface area contributed by atoms with Gasteiger partial charge in [0.1, 0.15) is 14.6 Å². The van der Waals surface area contributed by atoms with Crippen LogP contribution in [0.3, 0.4) is 0 Å². The molecule has 1 aromatic rings. The van der Waals surface area contributed by atoms with Crippen molar-refractivity contribution in [2.75, 3.05) is 6.16 Å². The zero-order valence-electron chi connectivity index (χ0n) is 18.7. The molecule has 1 aromatic heterocycles. The number of azide groups is 1. The highest BCUT2D eigenvalue weighted by Crippen LogP contribution is 2.46. The Morgan fingerprint density at radius 1 is 1.27 bits per heavy atom. The SMILES string of the molecule is Cc1cn([C@H]2C[C@H](N=[N+]=[N-])[C@@H](CCP(O[Si](C)(C)C)O[Si](C)(C)C)O2)c(=O)[nH]c1=O. The van der Waals surface area contributed by atoms with Crippen molar-refractivity contribution in [2.45, 2.75) is 77.4 Å². The molecular weight excluding hydrogens is 441 g/mol. The summed E-state index contributed by atoms with van der Waals surface area (Å²) in [6.07, 6.45) is 2.15. The van der Waals surface area contributed by atoms with Gasteiger partial charge in [-0.05, 0) is 58.2 Å². The number of ether oxygens (including phenoxy) is 1. The van der Waals surface area contributed by atoms with Crippen LogP contribution in [0.15, 0.2) is 20.9 Å². The maximum absolute atomic E-state index is 12.2. The molecule has 13 heteroatoms. The first-order chi connectivity index (χ1) is 13.8. The van der Waals surface area contributed by atoms with E-state index in [1.807, 2.05) is 0 Å². The van der Waals surface area contributed by atoms with Crippen LogP contribution < -0.4 is 11.2 Å². The quantitative estimate of drug-likeness (QED) is 0.189. The number of nitrogens with one attached hydrogen (secondary N) is 1. The van der Waals surface area contributed by atoms with E-state index >= 15 is 0 Å². The Balaban J connectivity index is 2.16. The van der Waals surface area contributed by atoms with Crippen molar-refractivity contribution in [1.29, 1.82) is 0 Å². The Labute approximate surface area is 179 Å². The van der Waals surface area contributed by atoms with Gasteiger partial charge in [-0.2, -0.15) is 0 Å². The maximum atomic E-state index is 12.2. The smallest absolute Gasteiger partial charge is 0.330 e. The monoisotopic (exact) mass is 473 g/mol. The molecule has 0 saturated carbocycles. The van der Waals surface area contributed by atoms with Gasteiger partial charge >= 0.3 is 5.69 Å². The van der Waals surface area contributed by atoms with Gasteiger partial charge in [-0.15, -0.1) is 0 Å². The molecule has 0 radical (unpaired) electrons. The standard InChI is InChI=1S/C17H32N5O5PSi2/c1-12-11-22(17(24)19-16(12)23)15-10-13(20-21-18)14(25-15)8-9-28(26-29(2,3)4)27-30(5,6)7/h11,13-15H,8-10H2,1-7H3,(H,19,23,24)/t13-,14+,15+/m0/s1. The maximum Gasteiger partial charge on any atom is 0.330 e. The average molecular weight is 474 g/mol. The molecule has 0 aliphatic carbocycles. The largest absolute Gasteiger partial charge is 0.376 e. The second-order valence-electron chi connectivity index (χ2n) is 9.37. The minimum atomic E-state index is -1.79. The number of aromatic nitrogens is 2. The Morgan fingerprint density at radius 2 is 1.87 bits per heavy atom. The minimum Gasteiger partial charge on any atom is -0.376 e. The number of H-pyrrole nitrogens is 1. The highest BCUT2D eigenvalue weighted by atomic mass is 31.2. The third-order valence-electron chi connectivity index (χ3n) is 4.21. The lowest BCUT2D eigenvalue weighted by atomic mass is 10.1. The highest BCUT2D eigenvalue weighted by Gasteiger charge is 2.37. The Morgan fingerprint density at radius 3 is 2.40 bits per heavy atom. The zero-order valence-corrected chi connectivity index (χ0v) is 21.6. The van der Waals surface area contributed by atoms with Gasteiger partial charge in [0.05, 0.1) is 12.1 Å². The van der Waals surface area contributed by atoms with Crippen molar-refractivity contribution < 1.29 is 13.2 Å². The second kappa shape index (κ2) is 9.91. The molecule has 0 bridgehead atoms. The number of aryl methyl sites for hydroxylation is 1. The van der Waals surface area contributed by atoms with Crippen LogP contribution in [0.2, 0.25) is 39.3 Å². The van der Waals surface area contributed by atoms with Gasteiger partial charge in [0.25, 0.3) is 5.56 Å². The molecule has 1 fully saturated rings. The van der Waals surface area contributed by atoms with Gasteiger partial charge in [0.15, 0.2) is 16.6 Å². The molecule has 1 aliphatic heterocycles. The number of aromatic amines is 1. The fourth-order valence-corrected chi connectivity index (χ4v) is 9.65. The lowest BCUT2D eigenvalue weighted by Gasteiger charge is -2.31. The summed E-state index contributed by atoms with van der Waals surface area (Å²) >= 11 is 0. The van der Waals surface area contributed by atoms with Crippen molar-refractivity contribution in [3.8, 4) is 0 Å². The van der Waals surface area contributed by atoms with Crippen molar-refractivity contribution in [3.05, 3.63) is 43.0 Å². The van der Waals surface area contributed by atoms with Gasteiger partial charge in [-0.25, -0.2) is 4.79 Å². The Hall–Kier alpha value is -1.27. The number of hydrogen-bond donors (Lipinski definition) is 1. The second-order valence-corrected chi connectivity index (χ2v) is 20.4. The molecule has 2 heterocycles. The number of nitrogens with zero attached hydrogens (tertiary/aromatic N) is 4. The summed E-state index contributed by atoms with van der Waals surface area (Å²) in [6, 6.07) is -0.408. The Kier molecular flexibility index (Phi) is 8.25. The van der Waals surface area contributed by atoms with E-state index in [1.165, 1.54) is 10.8 Å². The van der Waals surface area contributed by atoms with Crippen molar-refractivity contribution in [2.24, 2.45) is 5.11 Å². The van der Waals surface area contributed by atoms with Gasteiger partial charge < -0.3 is 13.2 Å². The van der Waals surface area contributed by atoms with Gasteiger partial charge in [0.2, 0.25) is 0 Å². The molecule has 10 nitrogen and oxygen atoms in total. The normalized spacial score (nSPS) is 22.3. The van der Waals surface area contributed by atoms with Crippen LogP contribution in [-0.4, -0.2) is 44.5 Å². The molecule has 3 atom stereocenters. The third-order valence-corrected chi connectivity index (χ3v) is 10.8. The fourth-order valence-electron chi connectivity index (χ4n) is 3.09.